The predicted molar refractivity (Wildman–Crippen MR) is 77.4 cm³/mol. The molecule has 0 unspecified atom stereocenters. The van der Waals surface area contributed by atoms with Gasteiger partial charge in [0.15, 0.2) is 0 Å². The summed E-state index contributed by atoms with van der Waals surface area (Å²) >= 11 is 6.01. The lowest BCUT2D eigenvalue weighted by Gasteiger charge is -2.07. The fraction of sp³-hybridized carbons (Fsp3) is 0.400. The normalized spacial score (nSPS) is 14.8. The van der Waals surface area contributed by atoms with Gasteiger partial charge in [0.05, 0.1) is 23.5 Å². The van der Waals surface area contributed by atoms with Gasteiger partial charge in [-0.25, -0.2) is 0 Å². The van der Waals surface area contributed by atoms with E-state index in [0.717, 1.165) is 29.8 Å². The lowest BCUT2D eigenvalue weighted by Crippen LogP contribution is -2.15. The summed E-state index contributed by atoms with van der Waals surface area (Å²) in [4.78, 5) is 0. The molecule has 1 N–H and O–H groups in total. The van der Waals surface area contributed by atoms with Gasteiger partial charge in [0.2, 0.25) is 0 Å². The summed E-state index contributed by atoms with van der Waals surface area (Å²) in [6, 6.07) is 9.46. The molecular weight excluding hydrogens is 258 g/mol. The molecule has 19 heavy (non-hydrogen) atoms. The van der Waals surface area contributed by atoms with Crippen molar-refractivity contribution < 1.29 is 0 Å². The Morgan fingerprint density at radius 2 is 1.95 bits per heavy atom. The number of nitrogens with one attached hydrogen (secondary N) is 1. The lowest BCUT2D eigenvalue weighted by molar-refractivity contribution is 0.663. The molecule has 3 nitrogen and oxygen atoms in total. The maximum atomic E-state index is 6.01. The van der Waals surface area contributed by atoms with Crippen LogP contribution in [0.4, 0.5) is 0 Å². The number of hydrogen-bond acceptors (Lipinski definition) is 2. The Morgan fingerprint density at radius 1 is 1.26 bits per heavy atom. The van der Waals surface area contributed by atoms with Gasteiger partial charge in [-0.05, 0) is 30.9 Å². The molecule has 1 aliphatic carbocycles. The molecule has 0 radical (unpaired) electrons. The van der Waals surface area contributed by atoms with Crippen LogP contribution in [0.1, 0.15) is 29.7 Å². The van der Waals surface area contributed by atoms with Crippen LogP contribution in [0.25, 0.3) is 0 Å². The van der Waals surface area contributed by atoms with Crippen LogP contribution in [-0.2, 0) is 13.1 Å². The van der Waals surface area contributed by atoms with E-state index in [2.05, 4.69) is 34.7 Å². The Hall–Kier alpha value is -1.32. The number of nitrogens with zero attached hydrogens (tertiary/aromatic N) is 2. The molecule has 1 aromatic heterocycles. The van der Waals surface area contributed by atoms with Crippen LogP contribution in [0.2, 0.25) is 5.02 Å². The van der Waals surface area contributed by atoms with Crippen molar-refractivity contribution in [3.63, 3.8) is 0 Å². The van der Waals surface area contributed by atoms with Gasteiger partial charge in [-0.2, -0.15) is 5.10 Å². The van der Waals surface area contributed by atoms with E-state index in [0.29, 0.717) is 0 Å². The molecule has 0 amide bonds. The number of benzene rings is 1. The van der Waals surface area contributed by atoms with Gasteiger partial charge >= 0.3 is 0 Å². The molecule has 1 fully saturated rings. The van der Waals surface area contributed by atoms with E-state index in [9.17, 15) is 0 Å². The first-order chi connectivity index (χ1) is 9.22. The molecule has 0 spiro atoms. The Morgan fingerprint density at radius 3 is 2.53 bits per heavy atom. The second-order valence-electron chi connectivity index (χ2n) is 5.21. The minimum Gasteiger partial charge on any atom is -0.310 e. The SMILES string of the molecule is Cc1c(Cl)cnn1Cc1ccc(CNC2CC2)cc1. The summed E-state index contributed by atoms with van der Waals surface area (Å²) in [5.41, 5.74) is 3.60. The summed E-state index contributed by atoms with van der Waals surface area (Å²) in [7, 11) is 0. The fourth-order valence-corrected chi connectivity index (χ4v) is 2.21. The molecule has 2 aromatic rings. The molecule has 100 valence electrons. The number of aromatic nitrogens is 2. The van der Waals surface area contributed by atoms with Crippen molar-refractivity contribution in [1.82, 2.24) is 15.1 Å². The maximum absolute atomic E-state index is 6.01. The third-order valence-corrected chi connectivity index (χ3v) is 3.94. The van der Waals surface area contributed by atoms with Crippen LogP contribution in [0.5, 0.6) is 0 Å². The van der Waals surface area contributed by atoms with Crippen LogP contribution in [0.15, 0.2) is 30.5 Å². The smallest absolute Gasteiger partial charge is 0.0815 e. The van der Waals surface area contributed by atoms with E-state index in [1.165, 1.54) is 24.0 Å². The highest BCUT2D eigenvalue weighted by atomic mass is 35.5. The molecule has 0 atom stereocenters. The van der Waals surface area contributed by atoms with Gasteiger partial charge < -0.3 is 5.32 Å². The minimum absolute atomic E-state index is 0.727. The average molecular weight is 276 g/mol. The van der Waals surface area contributed by atoms with Crippen LogP contribution < -0.4 is 5.32 Å². The topological polar surface area (TPSA) is 29.9 Å². The molecule has 1 saturated carbocycles. The van der Waals surface area contributed by atoms with Gasteiger partial charge in [-0.3, -0.25) is 4.68 Å². The number of halogens is 1. The van der Waals surface area contributed by atoms with Gasteiger partial charge in [0, 0.05) is 12.6 Å². The Balaban J connectivity index is 1.63. The maximum Gasteiger partial charge on any atom is 0.0815 e. The Kier molecular flexibility index (Phi) is 3.58. The highest BCUT2D eigenvalue weighted by molar-refractivity contribution is 6.31. The molecule has 0 aliphatic heterocycles. The fourth-order valence-electron chi connectivity index (χ4n) is 2.07. The first kappa shape index (κ1) is 12.7. The molecule has 0 saturated heterocycles. The Bertz CT molecular complexity index is 555. The van der Waals surface area contributed by atoms with Crippen molar-refractivity contribution in [1.29, 1.82) is 0 Å². The van der Waals surface area contributed by atoms with E-state index in [-0.39, 0.29) is 0 Å². The van der Waals surface area contributed by atoms with Crippen molar-refractivity contribution in [2.75, 3.05) is 0 Å². The average Bonchev–Trinajstić information content (AvgIpc) is 3.20. The molecule has 1 aliphatic rings. The zero-order chi connectivity index (χ0) is 13.2. The third-order valence-electron chi connectivity index (χ3n) is 3.57. The molecule has 4 heteroatoms. The third kappa shape index (κ3) is 3.17. The summed E-state index contributed by atoms with van der Waals surface area (Å²) in [6.07, 6.45) is 4.36. The van der Waals surface area contributed by atoms with E-state index in [1.54, 1.807) is 6.20 Å². The van der Waals surface area contributed by atoms with Crippen molar-refractivity contribution in [3.05, 3.63) is 52.3 Å². The summed E-state index contributed by atoms with van der Waals surface area (Å²) in [5, 5.41) is 8.52. The summed E-state index contributed by atoms with van der Waals surface area (Å²) < 4.78 is 1.93. The molecule has 3 rings (SSSR count). The summed E-state index contributed by atoms with van der Waals surface area (Å²) in [5.74, 6) is 0. The number of rotatable bonds is 5. The van der Waals surface area contributed by atoms with Gasteiger partial charge in [-0.15, -0.1) is 0 Å². The zero-order valence-corrected chi connectivity index (χ0v) is 11.8. The molecule has 0 bridgehead atoms. The molecule has 1 aromatic carbocycles. The van der Waals surface area contributed by atoms with Crippen molar-refractivity contribution in [3.8, 4) is 0 Å². The van der Waals surface area contributed by atoms with E-state index >= 15 is 0 Å². The Labute approximate surface area is 118 Å². The standard InChI is InChI=1S/C15H18ClN3/c1-11-15(16)9-18-19(11)10-13-4-2-12(3-5-13)8-17-14-6-7-14/h2-5,9,14,17H,6-8,10H2,1H3. The van der Waals surface area contributed by atoms with Crippen molar-refractivity contribution in [2.24, 2.45) is 0 Å². The monoisotopic (exact) mass is 275 g/mol. The highest BCUT2D eigenvalue weighted by Gasteiger charge is 2.19. The van der Waals surface area contributed by atoms with Crippen molar-refractivity contribution >= 4 is 11.6 Å². The number of hydrogen-bond donors (Lipinski definition) is 1. The van der Waals surface area contributed by atoms with Gasteiger partial charge in [-0.1, -0.05) is 35.9 Å². The largest absolute Gasteiger partial charge is 0.310 e. The van der Waals surface area contributed by atoms with Crippen LogP contribution in [-0.4, -0.2) is 15.8 Å². The first-order valence-corrected chi connectivity index (χ1v) is 7.09. The van der Waals surface area contributed by atoms with E-state index in [1.807, 2.05) is 11.6 Å². The van der Waals surface area contributed by atoms with E-state index < -0.39 is 0 Å². The second kappa shape index (κ2) is 5.35. The van der Waals surface area contributed by atoms with Crippen molar-refractivity contribution in [2.45, 2.75) is 38.9 Å². The van der Waals surface area contributed by atoms with Crippen LogP contribution >= 0.6 is 11.6 Å². The van der Waals surface area contributed by atoms with Crippen LogP contribution in [0, 0.1) is 6.92 Å². The lowest BCUT2D eigenvalue weighted by atomic mass is 10.1. The van der Waals surface area contributed by atoms with Gasteiger partial charge in [0.25, 0.3) is 0 Å². The first-order valence-electron chi connectivity index (χ1n) is 6.71. The minimum atomic E-state index is 0.727. The highest BCUT2D eigenvalue weighted by Crippen LogP contribution is 2.19. The summed E-state index contributed by atoms with van der Waals surface area (Å²) in [6.45, 7) is 3.73. The molecular formula is C15H18ClN3. The predicted octanol–water partition coefficient (Wildman–Crippen LogP) is 3.15. The quantitative estimate of drug-likeness (QED) is 0.908. The zero-order valence-electron chi connectivity index (χ0n) is 11.1. The molecule has 1 heterocycles. The second-order valence-corrected chi connectivity index (χ2v) is 5.61. The van der Waals surface area contributed by atoms with Crippen LogP contribution in [0.3, 0.4) is 0 Å². The van der Waals surface area contributed by atoms with Gasteiger partial charge in [0.1, 0.15) is 0 Å². The van der Waals surface area contributed by atoms with E-state index in [4.69, 9.17) is 11.6 Å².